The summed E-state index contributed by atoms with van der Waals surface area (Å²) in [4.78, 5) is 0. The molecule has 0 nitrogen and oxygen atoms in total. The summed E-state index contributed by atoms with van der Waals surface area (Å²) < 4.78 is 0. The molecule has 1 radical (unpaired) electrons. The van der Waals surface area contributed by atoms with Gasteiger partial charge in [-0.05, 0) is 12.8 Å². The average molecular weight is 416 g/mol. The minimum absolute atomic E-state index is 0. The van der Waals surface area contributed by atoms with E-state index in [0.29, 0.717) is 0 Å². The predicted molar refractivity (Wildman–Crippen MR) is 29.6 cm³/mol. The Bertz CT molecular complexity index is 50.5. The van der Waals surface area contributed by atoms with Gasteiger partial charge in [-0.2, -0.15) is 0 Å². The molecule has 5 heteroatoms. The van der Waals surface area contributed by atoms with Crippen LogP contribution in [0.15, 0.2) is 25.3 Å². The van der Waals surface area contributed by atoms with Crippen molar-refractivity contribution in [2.45, 2.75) is 12.8 Å². The van der Waals surface area contributed by atoms with Gasteiger partial charge in [-0.25, -0.2) is 0 Å². The van der Waals surface area contributed by atoms with Gasteiger partial charge in [-0.3, -0.25) is 0 Å². The minimum atomic E-state index is 0. The molecule has 0 saturated carbocycles. The Morgan fingerprint density at radius 1 is 0.727 bits per heavy atom. The molecule has 0 saturated heterocycles. The summed E-state index contributed by atoms with van der Waals surface area (Å²) in [5, 5.41) is 0. The van der Waals surface area contributed by atoms with E-state index in [4.69, 9.17) is 0 Å². The summed E-state index contributed by atoms with van der Waals surface area (Å²) in [7, 11) is 0. The Morgan fingerprint density at radius 2 is 0.909 bits per heavy atom. The summed E-state index contributed by atoms with van der Waals surface area (Å²) in [5.41, 5.74) is 0. The fourth-order valence-corrected chi connectivity index (χ4v) is 0.236. The SMILES string of the molecule is C=CCCC=C.[Cl-].[Cl-].[Cl-].[Cl-].[Ir]. The van der Waals surface area contributed by atoms with Gasteiger partial charge in [0.15, 0.2) is 0 Å². The summed E-state index contributed by atoms with van der Waals surface area (Å²) in [6, 6.07) is 0. The van der Waals surface area contributed by atoms with Gasteiger partial charge in [-0.1, -0.05) is 12.2 Å². The molecule has 0 aromatic carbocycles. The maximum Gasteiger partial charge on any atom is 0 e. The first-order valence-electron chi connectivity index (χ1n) is 2.13. The van der Waals surface area contributed by atoms with Crippen LogP contribution in [0.5, 0.6) is 0 Å². The van der Waals surface area contributed by atoms with Gasteiger partial charge >= 0.3 is 0 Å². The maximum atomic E-state index is 3.55. The van der Waals surface area contributed by atoms with Crippen LogP contribution >= 0.6 is 0 Å². The van der Waals surface area contributed by atoms with Crippen molar-refractivity contribution in [1.82, 2.24) is 0 Å². The van der Waals surface area contributed by atoms with E-state index in [1.165, 1.54) is 0 Å². The molecule has 0 spiro atoms. The topological polar surface area (TPSA) is 0 Å². The van der Waals surface area contributed by atoms with Gasteiger partial charge < -0.3 is 49.6 Å². The maximum absolute atomic E-state index is 3.55. The number of hydrogen-bond acceptors (Lipinski definition) is 0. The zero-order valence-electron chi connectivity index (χ0n) is 5.83. The summed E-state index contributed by atoms with van der Waals surface area (Å²) in [6.45, 7) is 7.10. The largest absolute Gasteiger partial charge is 1.00 e. The molecule has 0 heterocycles. The van der Waals surface area contributed by atoms with Crippen LogP contribution in [0.2, 0.25) is 0 Å². The first kappa shape index (κ1) is 39.6. The minimum Gasteiger partial charge on any atom is -1.00 e. The molecular formula is C6H10Cl4Ir-4. The van der Waals surface area contributed by atoms with Crippen LogP contribution in [0, 0.1) is 0 Å². The van der Waals surface area contributed by atoms with Crippen LogP contribution in [0.4, 0.5) is 0 Å². The number of allylic oxidation sites excluding steroid dienone is 2. The van der Waals surface area contributed by atoms with Crippen molar-refractivity contribution in [1.29, 1.82) is 0 Å². The fraction of sp³-hybridized carbons (Fsp3) is 0.333. The Labute approximate surface area is 107 Å². The van der Waals surface area contributed by atoms with Gasteiger partial charge in [0.2, 0.25) is 0 Å². The van der Waals surface area contributed by atoms with E-state index < -0.39 is 0 Å². The summed E-state index contributed by atoms with van der Waals surface area (Å²) in [5.74, 6) is 0. The van der Waals surface area contributed by atoms with Gasteiger partial charge in [0.25, 0.3) is 0 Å². The molecule has 0 rings (SSSR count). The summed E-state index contributed by atoms with van der Waals surface area (Å²) in [6.07, 6.45) is 5.90. The van der Waals surface area contributed by atoms with Crippen LogP contribution in [0.3, 0.4) is 0 Å². The second-order valence-electron chi connectivity index (χ2n) is 1.15. The van der Waals surface area contributed by atoms with Crippen LogP contribution in [0.25, 0.3) is 0 Å². The van der Waals surface area contributed by atoms with E-state index >= 15 is 0 Å². The predicted octanol–water partition coefficient (Wildman–Crippen LogP) is -9.85. The third-order valence-electron chi connectivity index (χ3n) is 0.575. The van der Waals surface area contributed by atoms with Gasteiger partial charge in [0.05, 0.1) is 0 Å². The average Bonchev–Trinajstić information content (AvgIpc) is 1.61. The fourth-order valence-electron chi connectivity index (χ4n) is 0.236. The molecule has 0 N–H and O–H groups in total. The second-order valence-corrected chi connectivity index (χ2v) is 1.15. The number of unbranched alkanes of at least 4 members (excludes halogenated alkanes) is 1. The Morgan fingerprint density at radius 3 is 1.00 bits per heavy atom. The molecular weight excluding hydrogens is 406 g/mol. The first-order valence-corrected chi connectivity index (χ1v) is 2.13. The molecule has 0 fully saturated rings. The Hall–Kier alpha value is 1.29. The van der Waals surface area contributed by atoms with Crippen molar-refractivity contribution in [3.05, 3.63) is 25.3 Å². The van der Waals surface area contributed by atoms with E-state index in [1.54, 1.807) is 0 Å². The Kier molecular flexibility index (Phi) is 154. The van der Waals surface area contributed by atoms with Crippen molar-refractivity contribution in [3.63, 3.8) is 0 Å². The Balaban J connectivity index is -0.0000000125. The molecule has 0 aromatic heterocycles. The first-order chi connectivity index (χ1) is 2.91. The standard InChI is InChI=1S/C6H10.4ClH.Ir/c1-3-5-6-4-2;;;;;/h3-4H,1-2,5-6H2;4*1H;/p-4. The van der Waals surface area contributed by atoms with Crippen molar-refractivity contribution in [2.75, 3.05) is 0 Å². The zero-order chi connectivity index (χ0) is 4.83. The van der Waals surface area contributed by atoms with Gasteiger partial charge in [0.1, 0.15) is 0 Å². The molecule has 0 amide bonds. The van der Waals surface area contributed by atoms with E-state index in [0.717, 1.165) is 12.8 Å². The molecule has 0 atom stereocenters. The molecule has 75 valence electrons. The van der Waals surface area contributed by atoms with Crippen LogP contribution in [-0.4, -0.2) is 0 Å². The summed E-state index contributed by atoms with van der Waals surface area (Å²) >= 11 is 0. The molecule has 11 heavy (non-hydrogen) atoms. The van der Waals surface area contributed by atoms with Gasteiger partial charge in [0, 0.05) is 20.1 Å². The smallest absolute Gasteiger partial charge is 0 e. The third-order valence-corrected chi connectivity index (χ3v) is 0.575. The molecule has 0 aliphatic carbocycles. The van der Waals surface area contributed by atoms with Crippen LogP contribution in [0.1, 0.15) is 12.8 Å². The zero-order valence-corrected chi connectivity index (χ0v) is 11.2. The number of halogens is 4. The van der Waals surface area contributed by atoms with Crippen molar-refractivity contribution >= 4 is 0 Å². The third kappa shape index (κ3) is 52.9. The number of hydrogen-bond donors (Lipinski definition) is 0. The van der Waals surface area contributed by atoms with Crippen LogP contribution in [-0.2, 0) is 20.1 Å². The van der Waals surface area contributed by atoms with Gasteiger partial charge in [-0.15, -0.1) is 13.2 Å². The molecule has 0 aliphatic heterocycles. The quantitative estimate of drug-likeness (QED) is 0.317. The van der Waals surface area contributed by atoms with E-state index in [2.05, 4.69) is 13.2 Å². The van der Waals surface area contributed by atoms with Crippen molar-refractivity contribution in [3.8, 4) is 0 Å². The van der Waals surface area contributed by atoms with Crippen molar-refractivity contribution < 1.29 is 69.7 Å². The van der Waals surface area contributed by atoms with E-state index in [-0.39, 0.29) is 69.7 Å². The monoisotopic (exact) mass is 415 g/mol. The molecule has 0 aliphatic rings. The number of rotatable bonds is 3. The molecule has 0 unspecified atom stereocenters. The van der Waals surface area contributed by atoms with Crippen molar-refractivity contribution in [2.24, 2.45) is 0 Å². The van der Waals surface area contributed by atoms with E-state index in [1.807, 2.05) is 12.2 Å². The molecule has 0 aromatic rings. The normalized spacial score (nSPS) is 4.00. The van der Waals surface area contributed by atoms with Crippen LogP contribution < -0.4 is 49.6 Å². The second kappa shape index (κ2) is 42.7. The molecule has 0 bridgehead atoms. The van der Waals surface area contributed by atoms with E-state index in [9.17, 15) is 0 Å².